The Balaban J connectivity index is 2.48. The van der Waals surface area contributed by atoms with E-state index in [1.165, 1.54) is 26.5 Å². The zero-order valence-corrected chi connectivity index (χ0v) is 13.0. The molecule has 0 bridgehead atoms. The van der Waals surface area contributed by atoms with E-state index in [1.54, 1.807) is 6.20 Å². The monoisotopic (exact) mass is 302 g/mol. The fraction of sp³-hybridized carbons (Fsp3) is 0.375. The van der Waals surface area contributed by atoms with E-state index in [1.807, 2.05) is 19.9 Å². The normalized spacial score (nSPS) is 15.9. The van der Waals surface area contributed by atoms with Gasteiger partial charge in [0.1, 0.15) is 0 Å². The largest absolute Gasteiger partial charge is 0.468 e. The number of aryl methyl sites for hydroxylation is 1. The van der Waals surface area contributed by atoms with E-state index < -0.39 is 17.4 Å². The van der Waals surface area contributed by atoms with Crippen molar-refractivity contribution >= 4 is 17.7 Å². The standard InChI is InChI=1S/C16H18N2O4/c1-10-5-7-18-13(11(10)2)12-9-16(6-8-17-12,14(19)21-3)15(20)22-4/h5-8H,9H2,1-4H3. The molecule has 1 aliphatic rings. The van der Waals surface area contributed by atoms with Crippen LogP contribution in [0.15, 0.2) is 29.5 Å². The van der Waals surface area contributed by atoms with Crippen molar-refractivity contribution in [2.24, 2.45) is 10.4 Å². The Labute approximate surface area is 128 Å². The van der Waals surface area contributed by atoms with Gasteiger partial charge < -0.3 is 9.47 Å². The summed E-state index contributed by atoms with van der Waals surface area (Å²) in [4.78, 5) is 33.0. The van der Waals surface area contributed by atoms with Crippen molar-refractivity contribution in [3.05, 3.63) is 41.4 Å². The van der Waals surface area contributed by atoms with Crippen LogP contribution in [-0.4, -0.2) is 36.9 Å². The average Bonchev–Trinajstić information content (AvgIpc) is 2.55. The lowest BCUT2D eigenvalue weighted by molar-refractivity contribution is -0.164. The number of hydrogen-bond donors (Lipinski definition) is 0. The first-order valence-corrected chi connectivity index (χ1v) is 6.80. The highest BCUT2D eigenvalue weighted by Gasteiger charge is 2.48. The molecule has 0 atom stereocenters. The van der Waals surface area contributed by atoms with Gasteiger partial charge in [0.15, 0.2) is 5.41 Å². The van der Waals surface area contributed by atoms with Gasteiger partial charge in [-0.1, -0.05) is 0 Å². The quantitative estimate of drug-likeness (QED) is 0.628. The summed E-state index contributed by atoms with van der Waals surface area (Å²) >= 11 is 0. The molecule has 6 nitrogen and oxygen atoms in total. The fourth-order valence-corrected chi connectivity index (χ4v) is 2.42. The molecule has 0 fully saturated rings. The van der Waals surface area contributed by atoms with E-state index in [2.05, 4.69) is 9.98 Å². The van der Waals surface area contributed by atoms with Crippen LogP contribution in [0.3, 0.4) is 0 Å². The van der Waals surface area contributed by atoms with Crippen LogP contribution in [-0.2, 0) is 19.1 Å². The van der Waals surface area contributed by atoms with Gasteiger partial charge in [0.25, 0.3) is 0 Å². The summed E-state index contributed by atoms with van der Waals surface area (Å²) in [6.07, 6.45) is 4.58. The molecular weight excluding hydrogens is 284 g/mol. The number of nitrogens with zero attached hydrogens (tertiary/aromatic N) is 2. The zero-order valence-electron chi connectivity index (χ0n) is 13.0. The van der Waals surface area contributed by atoms with Gasteiger partial charge in [-0.3, -0.25) is 19.6 Å². The molecule has 0 radical (unpaired) electrons. The van der Waals surface area contributed by atoms with E-state index in [4.69, 9.17) is 9.47 Å². The molecule has 0 N–H and O–H groups in total. The first-order chi connectivity index (χ1) is 10.5. The van der Waals surface area contributed by atoms with Crippen LogP contribution in [0, 0.1) is 19.3 Å². The maximum atomic E-state index is 12.2. The number of rotatable bonds is 3. The number of carbonyl (C=O) groups excluding carboxylic acids is 2. The summed E-state index contributed by atoms with van der Waals surface area (Å²) in [5.74, 6) is -1.35. The lowest BCUT2D eigenvalue weighted by atomic mass is 9.79. The smallest absolute Gasteiger partial charge is 0.327 e. The van der Waals surface area contributed by atoms with Gasteiger partial charge in [0.2, 0.25) is 0 Å². The SMILES string of the molecule is COC(=O)C1(C(=O)OC)C=CN=C(c2nccc(C)c2C)C1. The average molecular weight is 302 g/mol. The molecule has 0 amide bonds. The molecule has 1 aliphatic heterocycles. The minimum atomic E-state index is -1.52. The molecule has 2 rings (SSSR count). The molecule has 22 heavy (non-hydrogen) atoms. The Hall–Kier alpha value is -2.50. The highest BCUT2D eigenvalue weighted by Crippen LogP contribution is 2.33. The number of ether oxygens (including phenoxy) is 2. The highest BCUT2D eigenvalue weighted by atomic mass is 16.5. The van der Waals surface area contributed by atoms with Crippen molar-refractivity contribution in [2.45, 2.75) is 20.3 Å². The molecule has 2 heterocycles. The predicted molar refractivity (Wildman–Crippen MR) is 80.5 cm³/mol. The lowest BCUT2D eigenvalue weighted by Crippen LogP contribution is -2.42. The van der Waals surface area contributed by atoms with Crippen LogP contribution in [0.4, 0.5) is 0 Å². The molecule has 1 aromatic heterocycles. The summed E-state index contributed by atoms with van der Waals surface area (Å²) in [5.41, 5.74) is 1.73. The van der Waals surface area contributed by atoms with Crippen LogP contribution < -0.4 is 0 Å². The number of methoxy groups -OCH3 is 2. The number of esters is 2. The molecule has 0 saturated carbocycles. The molecule has 116 valence electrons. The van der Waals surface area contributed by atoms with Gasteiger partial charge in [0, 0.05) is 18.8 Å². The van der Waals surface area contributed by atoms with Gasteiger partial charge in [0.05, 0.1) is 25.6 Å². The molecule has 0 spiro atoms. The lowest BCUT2D eigenvalue weighted by Gasteiger charge is -2.27. The molecule has 0 unspecified atom stereocenters. The Morgan fingerprint density at radius 3 is 2.41 bits per heavy atom. The van der Waals surface area contributed by atoms with E-state index in [0.717, 1.165) is 11.1 Å². The van der Waals surface area contributed by atoms with Crippen molar-refractivity contribution in [2.75, 3.05) is 14.2 Å². The van der Waals surface area contributed by atoms with Crippen molar-refractivity contribution in [1.82, 2.24) is 4.98 Å². The molecule has 6 heteroatoms. The van der Waals surface area contributed by atoms with Crippen LogP contribution in [0.1, 0.15) is 23.2 Å². The van der Waals surface area contributed by atoms with Crippen LogP contribution in [0.25, 0.3) is 0 Å². The Morgan fingerprint density at radius 2 is 1.82 bits per heavy atom. The molecular formula is C16H18N2O4. The summed E-state index contributed by atoms with van der Waals surface area (Å²) < 4.78 is 9.58. The minimum absolute atomic E-state index is 0.0557. The van der Waals surface area contributed by atoms with Gasteiger partial charge in [-0.2, -0.15) is 0 Å². The predicted octanol–water partition coefficient (Wildman–Crippen LogP) is 1.74. The third-order valence-electron chi connectivity index (χ3n) is 3.88. The second-order valence-electron chi connectivity index (χ2n) is 5.12. The number of pyridine rings is 1. The van der Waals surface area contributed by atoms with E-state index in [-0.39, 0.29) is 6.42 Å². The third kappa shape index (κ3) is 2.52. The third-order valence-corrected chi connectivity index (χ3v) is 3.88. The van der Waals surface area contributed by atoms with Crippen LogP contribution in [0.2, 0.25) is 0 Å². The van der Waals surface area contributed by atoms with Gasteiger partial charge in [-0.25, -0.2) is 0 Å². The van der Waals surface area contributed by atoms with Crippen LogP contribution >= 0.6 is 0 Å². The molecule has 1 aromatic rings. The summed E-state index contributed by atoms with van der Waals surface area (Å²) in [6, 6.07) is 1.89. The van der Waals surface area contributed by atoms with Crippen LogP contribution in [0.5, 0.6) is 0 Å². The maximum absolute atomic E-state index is 12.2. The molecule has 0 saturated heterocycles. The number of aromatic nitrogens is 1. The fourth-order valence-electron chi connectivity index (χ4n) is 2.42. The summed E-state index contributed by atoms with van der Waals surface area (Å²) in [5, 5.41) is 0. The second kappa shape index (κ2) is 6.09. The van der Waals surface area contributed by atoms with Gasteiger partial charge >= 0.3 is 11.9 Å². The van der Waals surface area contributed by atoms with Gasteiger partial charge in [-0.15, -0.1) is 0 Å². The van der Waals surface area contributed by atoms with E-state index in [9.17, 15) is 9.59 Å². The molecule has 0 aromatic carbocycles. The molecule has 0 aliphatic carbocycles. The maximum Gasteiger partial charge on any atom is 0.327 e. The Morgan fingerprint density at radius 1 is 1.18 bits per heavy atom. The van der Waals surface area contributed by atoms with Crippen molar-refractivity contribution in [3.63, 3.8) is 0 Å². The first kappa shape index (κ1) is 15.9. The summed E-state index contributed by atoms with van der Waals surface area (Å²) in [7, 11) is 2.48. The highest BCUT2D eigenvalue weighted by molar-refractivity contribution is 6.11. The Bertz CT molecular complexity index is 661. The minimum Gasteiger partial charge on any atom is -0.468 e. The second-order valence-corrected chi connectivity index (χ2v) is 5.12. The van der Waals surface area contributed by atoms with Gasteiger partial charge in [-0.05, 0) is 37.1 Å². The number of aliphatic imine (C=N–C) groups is 1. The number of hydrogen-bond acceptors (Lipinski definition) is 6. The first-order valence-electron chi connectivity index (χ1n) is 6.80. The van der Waals surface area contributed by atoms with Crippen molar-refractivity contribution in [1.29, 1.82) is 0 Å². The Kier molecular flexibility index (Phi) is 4.40. The van der Waals surface area contributed by atoms with E-state index >= 15 is 0 Å². The number of carbonyl (C=O) groups is 2. The zero-order chi connectivity index (χ0) is 16.3. The summed E-state index contributed by atoms with van der Waals surface area (Å²) in [6.45, 7) is 3.89. The van der Waals surface area contributed by atoms with Crippen molar-refractivity contribution in [3.8, 4) is 0 Å². The van der Waals surface area contributed by atoms with E-state index in [0.29, 0.717) is 11.4 Å². The topological polar surface area (TPSA) is 77.9 Å². The van der Waals surface area contributed by atoms with Crippen molar-refractivity contribution < 1.29 is 19.1 Å².